The second kappa shape index (κ2) is 13.3. The van der Waals surface area contributed by atoms with Crippen molar-refractivity contribution in [3.8, 4) is 11.1 Å². The molecule has 0 amide bonds. The summed E-state index contributed by atoms with van der Waals surface area (Å²) in [5, 5.41) is 9.52. The van der Waals surface area contributed by atoms with Crippen molar-refractivity contribution in [3.63, 3.8) is 0 Å². The minimum atomic E-state index is -0.489. The number of aliphatic hydroxyl groups is 1. The van der Waals surface area contributed by atoms with E-state index < -0.39 is 6.29 Å². The van der Waals surface area contributed by atoms with Crippen LogP contribution in [0.1, 0.15) is 47.3 Å². The number of likely N-dealkylation sites (N-methyl/N-ethyl adjacent to an activating group) is 1. The van der Waals surface area contributed by atoms with Crippen LogP contribution in [0.2, 0.25) is 0 Å². The molecule has 0 aliphatic carbocycles. The van der Waals surface area contributed by atoms with Crippen LogP contribution in [-0.4, -0.2) is 41.2 Å². The molecule has 1 saturated heterocycles. The summed E-state index contributed by atoms with van der Waals surface area (Å²) in [6.07, 6.45) is 2.07. The van der Waals surface area contributed by atoms with Gasteiger partial charge in [0.1, 0.15) is 0 Å². The fraction of sp³-hybridized carbons (Fsp3) is 0.324. The fourth-order valence-electron chi connectivity index (χ4n) is 5.29. The van der Waals surface area contributed by atoms with E-state index >= 15 is 0 Å². The Hall–Kier alpha value is -3.39. The first-order valence-electron chi connectivity index (χ1n) is 14.0. The monoisotopic (exact) mass is 537 g/mol. The van der Waals surface area contributed by atoms with Crippen LogP contribution in [0.3, 0.4) is 0 Å². The van der Waals surface area contributed by atoms with E-state index in [0.717, 1.165) is 58.6 Å². The smallest absolute Gasteiger partial charge is 0.184 e. The average Bonchev–Trinajstić information content (AvgIpc) is 3.01. The Kier molecular flexibility index (Phi) is 9.37. The topological polar surface area (TPSA) is 80.8 Å². The van der Waals surface area contributed by atoms with Gasteiger partial charge in [0.2, 0.25) is 0 Å². The average molecular weight is 538 g/mol. The van der Waals surface area contributed by atoms with E-state index in [2.05, 4.69) is 78.5 Å². The van der Waals surface area contributed by atoms with Gasteiger partial charge in [-0.3, -0.25) is 4.98 Å². The highest BCUT2D eigenvalue weighted by atomic mass is 16.7. The minimum absolute atomic E-state index is 0.0251. The normalized spacial score (nSPS) is 21.0. The first-order valence-corrected chi connectivity index (χ1v) is 14.0. The van der Waals surface area contributed by atoms with Crippen molar-refractivity contribution in [3.05, 3.63) is 125 Å². The van der Waals surface area contributed by atoms with Crippen LogP contribution >= 0.6 is 0 Å². The molecule has 5 rings (SSSR count). The number of nitrogens with two attached hydrogens (primary N) is 1. The third-order valence-electron chi connectivity index (χ3n) is 7.77. The number of aliphatic hydroxyl groups excluding tert-OH is 1. The molecule has 40 heavy (non-hydrogen) atoms. The lowest BCUT2D eigenvalue weighted by atomic mass is 9.90. The van der Waals surface area contributed by atoms with Crippen molar-refractivity contribution in [2.75, 3.05) is 20.1 Å². The summed E-state index contributed by atoms with van der Waals surface area (Å²) < 4.78 is 13.3. The van der Waals surface area contributed by atoms with Gasteiger partial charge >= 0.3 is 0 Å². The molecule has 1 aliphatic heterocycles. The third kappa shape index (κ3) is 6.84. The first-order chi connectivity index (χ1) is 19.5. The lowest BCUT2D eigenvalue weighted by Gasteiger charge is -2.42. The van der Waals surface area contributed by atoms with E-state index in [1.54, 1.807) is 0 Å². The second-order valence-corrected chi connectivity index (χ2v) is 10.7. The van der Waals surface area contributed by atoms with E-state index in [4.69, 9.17) is 15.2 Å². The number of nitrogens with zero attached hydrogens (tertiary/aromatic N) is 2. The van der Waals surface area contributed by atoms with Crippen LogP contribution in [0.4, 0.5) is 0 Å². The predicted octanol–water partition coefficient (Wildman–Crippen LogP) is 5.67. The van der Waals surface area contributed by atoms with Gasteiger partial charge in [0, 0.05) is 49.4 Å². The summed E-state index contributed by atoms with van der Waals surface area (Å²) >= 11 is 0. The molecular formula is C34H39N3O3. The van der Waals surface area contributed by atoms with Gasteiger partial charge in [0.05, 0.1) is 18.8 Å². The zero-order valence-electron chi connectivity index (χ0n) is 23.3. The Morgan fingerprint density at radius 1 is 0.850 bits per heavy atom. The van der Waals surface area contributed by atoms with Gasteiger partial charge < -0.3 is 25.2 Å². The maximum absolute atomic E-state index is 9.52. The highest BCUT2D eigenvalue weighted by molar-refractivity contribution is 5.64. The Morgan fingerprint density at radius 3 is 2.33 bits per heavy atom. The summed E-state index contributed by atoms with van der Waals surface area (Å²) in [7, 11) is 2.14. The molecule has 3 N–H and O–H groups in total. The van der Waals surface area contributed by atoms with Crippen molar-refractivity contribution in [1.29, 1.82) is 0 Å². The van der Waals surface area contributed by atoms with Gasteiger partial charge in [-0.05, 0) is 53.1 Å². The van der Waals surface area contributed by atoms with Crippen molar-refractivity contribution in [2.24, 2.45) is 11.7 Å². The zero-order valence-corrected chi connectivity index (χ0v) is 23.3. The number of hydrogen-bond donors (Lipinski definition) is 2. The number of hydrogen-bond acceptors (Lipinski definition) is 6. The van der Waals surface area contributed by atoms with E-state index in [9.17, 15) is 5.11 Å². The Morgan fingerprint density at radius 2 is 1.62 bits per heavy atom. The van der Waals surface area contributed by atoms with Gasteiger partial charge in [-0.15, -0.1) is 0 Å². The summed E-state index contributed by atoms with van der Waals surface area (Å²) in [5.74, 6) is 0.131. The molecule has 6 heteroatoms. The molecule has 1 fully saturated rings. The Labute approximate surface area is 237 Å². The maximum Gasteiger partial charge on any atom is 0.184 e. The summed E-state index contributed by atoms with van der Waals surface area (Å²) in [6.45, 7) is 4.42. The fourth-order valence-corrected chi connectivity index (χ4v) is 5.29. The number of benzene rings is 3. The zero-order chi connectivity index (χ0) is 27.9. The van der Waals surface area contributed by atoms with Crippen molar-refractivity contribution in [1.82, 2.24) is 9.88 Å². The molecule has 0 saturated carbocycles. The standard InChI is InChI=1S/C34H39N3O3/c1-24-32(22-37(2)19-17-31-8-3-4-18-36-31)39-34(40-33(24)28-11-9-25(23-38)10-12-28)29-15-13-27(14-16-29)30-7-5-6-26(20-30)21-35/h3-16,18,20,24,32-34,38H,17,19,21-23,35H2,1-2H3/t24-,32+,33+,34+/m1/s1. The summed E-state index contributed by atoms with van der Waals surface area (Å²) in [4.78, 5) is 6.78. The maximum atomic E-state index is 9.52. The Bertz CT molecular complexity index is 1350. The van der Waals surface area contributed by atoms with Crippen molar-refractivity contribution >= 4 is 0 Å². The van der Waals surface area contributed by atoms with E-state index in [1.807, 2.05) is 42.6 Å². The molecule has 4 aromatic rings. The molecule has 1 aromatic heterocycles. The van der Waals surface area contributed by atoms with Gasteiger partial charge in [0.25, 0.3) is 0 Å². The van der Waals surface area contributed by atoms with Crippen LogP contribution in [0.25, 0.3) is 11.1 Å². The lowest BCUT2D eigenvalue weighted by Crippen LogP contribution is -2.43. The van der Waals surface area contributed by atoms with E-state index in [-0.39, 0.29) is 24.7 Å². The molecule has 4 atom stereocenters. The molecule has 2 heterocycles. The highest BCUT2D eigenvalue weighted by Gasteiger charge is 2.38. The molecule has 1 aliphatic rings. The van der Waals surface area contributed by atoms with Crippen LogP contribution < -0.4 is 5.73 Å². The lowest BCUT2D eigenvalue weighted by molar-refractivity contribution is -0.275. The molecular weight excluding hydrogens is 498 g/mol. The molecule has 0 bridgehead atoms. The molecule has 0 radical (unpaired) electrons. The molecule has 208 valence electrons. The van der Waals surface area contributed by atoms with Gasteiger partial charge in [-0.1, -0.05) is 79.7 Å². The van der Waals surface area contributed by atoms with Gasteiger partial charge in [-0.25, -0.2) is 0 Å². The second-order valence-electron chi connectivity index (χ2n) is 10.7. The molecule has 6 nitrogen and oxygen atoms in total. The van der Waals surface area contributed by atoms with Crippen LogP contribution in [0.5, 0.6) is 0 Å². The number of pyridine rings is 1. The quantitative estimate of drug-likeness (QED) is 0.272. The van der Waals surface area contributed by atoms with Crippen molar-refractivity contribution in [2.45, 2.75) is 45.0 Å². The van der Waals surface area contributed by atoms with Gasteiger partial charge in [-0.2, -0.15) is 0 Å². The van der Waals surface area contributed by atoms with E-state index in [0.29, 0.717) is 6.54 Å². The summed E-state index contributed by atoms with van der Waals surface area (Å²) in [5.41, 5.74) is 13.3. The largest absolute Gasteiger partial charge is 0.392 e. The van der Waals surface area contributed by atoms with Gasteiger partial charge in [0.15, 0.2) is 6.29 Å². The number of aromatic nitrogens is 1. The molecule has 0 unspecified atom stereocenters. The molecule has 0 spiro atoms. The SMILES string of the molecule is C[C@@H]1[C@H](CN(C)CCc2ccccn2)O[C@H](c2ccc(-c3cccc(CN)c3)cc2)O[C@@H]1c1ccc(CO)cc1. The van der Waals surface area contributed by atoms with Crippen LogP contribution in [0, 0.1) is 5.92 Å². The number of ether oxygens (including phenoxy) is 2. The predicted molar refractivity (Wildman–Crippen MR) is 158 cm³/mol. The minimum Gasteiger partial charge on any atom is -0.392 e. The van der Waals surface area contributed by atoms with Crippen LogP contribution in [-0.2, 0) is 29.0 Å². The Balaban J connectivity index is 1.35. The first kappa shape index (κ1) is 28.1. The van der Waals surface area contributed by atoms with Crippen molar-refractivity contribution < 1.29 is 14.6 Å². The summed E-state index contributed by atoms with van der Waals surface area (Å²) in [6, 6.07) is 30.9. The van der Waals surface area contributed by atoms with E-state index in [1.165, 1.54) is 0 Å². The number of rotatable bonds is 10. The molecule has 3 aromatic carbocycles. The highest BCUT2D eigenvalue weighted by Crippen LogP contribution is 2.42. The van der Waals surface area contributed by atoms with Crippen LogP contribution in [0.15, 0.2) is 97.2 Å². The third-order valence-corrected chi connectivity index (χ3v) is 7.77.